The quantitative estimate of drug-likeness (QED) is 0.863. The lowest BCUT2D eigenvalue weighted by Gasteiger charge is -2.06. The highest BCUT2D eigenvalue weighted by molar-refractivity contribution is 7.13. The molecule has 0 aliphatic rings. The number of nitrogens with zero attached hydrogens (tertiary/aromatic N) is 3. The highest BCUT2D eigenvalue weighted by Gasteiger charge is 2.14. The molecule has 88 valence electrons. The first kappa shape index (κ1) is 11.4. The molecule has 0 saturated carbocycles. The number of hydrogen-bond acceptors (Lipinski definition) is 6. The van der Waals surface area contributed by atoms with Gasteiger partial charge < -0.3 is 5.32 Å². The van der Waals surface area contributed by atoms with Crippen molar-refractivity contribution >= 4 is 28.2 Å². The maximum atomic E-state index is 13.0. The van der Waals surface area contributed by atoms with Crippen molar-refractivity contribution < 1.29 is 9.18 Å². The second kappa shape index (κ2) is 4.83. The molecular formula is C9H8FN5OS. The van der Waals surface area contributed by atoms with Crippen molar-refractivity contribution in [1.82, 2.24) is 15.2 Å². The van der Waals surface area contributed by atoms with Crippen LogP contribution in [0, 0.1) is 5.82 Å². The normalized spacial score (nSPS) is 10.0. The van der Waals surface area contributed by atoms with Crippen molar-refractivity contribution in [3.8, 4) is 0 Å². The summed E-state index contributed by atoms with van der Waals surface area (Å²) < 4.78 is 13.0. The summed E-state index contributed by atoms with van der Waals surface area (Å²) >= 11 is 1.17. The maximum Gasteiger partial charge on any atom is 0.261 e. The standard InChI is InChI=1S/C9H8FN5OS/c1-11-7-6(2-5(10)3-12-7)8(16)14-9-15-13-4-17-9/h2-4H,1H3,(H,11,12)(H,14,15,16). The molecule has 1 amide bonds. The molecule has 0 bridgehead atoms. The zero-order chi connectivity index (χ0) is 12.3. The average molecular weight is 253 g/mol. The summed E-state index contributed by atoms with van der Waals surface area (Å²) in [7, 11) is 1.60. The van der Waals surface area contributed by atoms with Gasteiger partial charge in [-0.2, -0.15) is 0 Å². The van der Waals surface area contributed by atoms with Gasteiger partial charge in [-0.1, -0.05) is 11.3 Å². The number of pyridine rings is 1. The first-order valence-electron chi connectivity index (χ1n) is 4.61. The van der Waals surface area contributed by atoms with Crippen molar-refractivity contribution in [1.29, 1.82) is 0 Å². The lowest BCUT2D eigenvalue weighted by Crippen LogP contribution is -2.15. The van der Waals surface area contributed by atoms with Crippen molar-refractivity contribution in [3.05, 3.63) is 29.2 Å². The van der Waals surface area contributed by atoms with E-state index in [2.05, 4.69) is 25.8 Å². The van der Waals surface area contributed by atoms with Crippen LogP contribution in [-0.4, -0.2) is 28.1 Å². The third-order valence-electron chi connectivity index (χ3n) is 1.92. The van der Waals surface area contributed by atoms with Crippen molar-refractivity contribution in [3.63, 3.8) is 0 Å². The van der Waals surface area contributed by atoms with Crippen LogP contribution in [0.25, 0.3) is 0 Å². The van der Waals surface area contributed by atoms with Gasteiger partial charge in [-0.3, -0.25) is 10.1 Å². The fraction of sp³-hybridized carbons (Fsp3) is 0.111. The number of hydrogen-bond donors (Lipinski definition) is 2. The number of carbonyl (C=O) groups is 1. The Morgan fingerprint density at radius 3 is 3.00 bits per heavy atom. The predicted molar refractivity (Wildman–Crippen MR) is 61.6 cm³/mol. The van der Waals surface area contributed by atoms with E-state index in [1.54, 1.807) is 7.05 Å². The highest BCUT2D eigenvalue weighted by atomic mass is 32.1. The molecule has 0 aromatic carbocycles. The van der Waals surface area contributed by atoms with Crippen LogP contribution in [0.3, 0.4) is 0 Å². The van der Waals surface area contributed by atoms with E-state index in [1.165, 1.54) is 16.8 Å². The molecule has 0 aliphatic heterocycles. The van der Waals surface area contributed by atoms with Crippen LogP contribution < -0.4 is 10.6 Å². The van der Waals surface area contributed by atoms with Gasteiger partial charge in [-0.05, 0) is 6.07 Å². The first-order chi connectivity index (χ1) is 8.20. The van der Waals surface area contributed by atoms with Crippen LogP contribution in [0.1, 0.15) is 10.4 Å². The van der Waals surface area contributed by atoms with Gasteiger partial charge in [-0.15, -0.1) is 10.2 Å². The van der Waals surface area contributed by atoms with Gasteiger partial charge in [0.15, 0.2) is 0 Å². The molecule has 0 saturated heterocycles. The van der Waals surface area contributed by atoms with Gasteiger partial charge in [-0.25, -0.2) is 9.37 Å². The Bertz CT molecular complexity index is 530. The third kappa shape index (κ3) is 2.53. The van der Waals surface area contributed by atoms with Gasteiger partial charge in [0.05, 0.1) is 11.8 Å². The van der Waals surface area contributed by atoms with Gasteiger partial charge >= 0.3 is 0 Å². The molecule has 6 nitrogen and oxygen atoms in total. The molecule has 0 atom stereocenters. The second-order valence-electron chi connectivity index (χ2n) is 3.00. The van der Waals surface area contributed by atoms with E-state index in [1.807, 2.05) is 0 Å². The first-order valence-corrected chi connectivity index (χ1v) is 5.49. The molecule has 2 heterocycles. The molecular weight excluding hydrogens is 245 g/mol. The van der Waals surface area contributed by atoms with E-state index < -0.39 is 11.7 Å². The lowest BCUT2D eigenvalue weighted by atomic mass is 10.2. The minimum atomic E-state index is -0.577. The summed E-state index contributed by atoms with van der Waals surface area (Å²) in [6.07, 6.45) is 1.04. The third-order valence-corrected chi connectivity index (χ3v) is 2.52. The number of anilines is 2. The van der Waals surface area contributed by atoms with Crippen LogP contribution in [0.15, 0.2) is 17.8 Å². The Balaban J connectivity index is 2.26. The zero-order valence-electron chi connectivity index (χ0n) is 8.77. The Morgan fingerprint density at radius 1 is 1.53 bits per heavy atom. The second-order valence-corrected chi connectivity index (χ2v) is 3.83. The number of carbonyl (C=O) groups excluding carboxylic acids is 1. The summed E-state index contributed by atoms with van der Waals surface area (Å²) in [5.74, 6) is -0.766. The van der Waals surface area contributed by atoms with Crippen molar-refractivity contribution in [2.75, 3.05) is 17.7 Å². The van der Waals surface area contributed by atoms with Crippen molar-refractivity contribution in [2.24, 2.45) is 0 Å². The summed E-state index contributed by atoms with van der Waals surface area (Å²) in [6.45, 7) is 0. The molecule has 2 aromatic heterocycles. The molecule has 8 heteroatoms. The number of rotatable bonds is 3. The molecule has 2 aromatic rings. The molecule has 0 unspecified atom stereocenters. The maximum absolute atomic E-state index is 13.0. The van der Waals surface area contributed by atoms with Crippen LogP contribution in [0.4, 0.5) is 15.3 Å². The molecule has 2 N–H and O–H groups in total. The van der Waals surface area contributed by atoms with E-state index in [0.717, 1.165) is 12.3 Å². The molecule has 0 fully saturated rings. The number of amides is 1. The van der Waals surface area contributed by atoms with E-state index >= 15 is 0 Å². The van der Waals surface area contributed by atoms with E-state index in [9.17, 15) is 9.18 Å². The number of aromatic nitrogens is 3. The Kier molecular flexibility index (Phi) is 3.24. The van der Waals surface area contributed by atoms with Crippen LogP contribution in [-0.2, 0) is 0 Å². The predicted octanol–water partition coefficient (Wildman–Crippen LogP) is 1.37. The SMILES string of the molecule is CNc1ncc(F)cc1C(=O)Nc1nncs1. The fourth-order valence-electron chi connectivity index (χ4n) is 1.20. The van der Waals surface area contributed by atoms with E-state index in [0.29, 0.717) is 10.9 Å². The summed E-state index contributed by atoms with van der Waals surface area (Å²) in [5, 5.41) is 12.8. The summed E-state index contributed by atoms with van der Waals surface area (Å²) in [4.78, 5) is 15.6. The fourth-order valence-corrected chi connectivity index (χ4v) is 1.64. The van der Waals surface area contributed by atoms with E-state index in [4.69, 9.17) is 0 Å². The minimum Gasteiger partial charge on any atom is -0.372 e. The molecule has 0 radical (unpaired) electrons. The Morgan fingerprint density at radius 2 is 2.35 bits per heavy atom. The lowest BCUT2D eigenvalue weighted by molar-refractivity contribution is 0.102. The van der Waals surface area contributed by atoms with Crippen LogP contribution in [0.2, 0.25) is 0 Å². The smallest absolute Gasteiger partial charge is 0.261 e. The summed E-state index contributed by atoms with van der Waals surface area (Å²) in [6, 6.07) is 1.11. The molecule has 2 rings (SSSR count). The zero-order valence-corrected chi connectivity index (χ0v) is 9.58. The topological polar surface area (TPSA) is 79.8 Å². The molecule has 0 spiro atoms. The largest absolute Gasteiger partial charge is 0.372 e. The highest BCUT2D eigenvalue weighted by Crippen LogP contribution is 2.16. The Labute approximate surface area is 99.9 Å². The van der Waals surface area contributed by atoms with Crippen LogP contribution >= 0.6 is 11.3 Å². The number of halogens is 1. The minimum absolute atomic E-state index is 0.114. The number of nitrogens with one attached hydrogen (secondary N) is 2. The van der Waals surface area contributed by atoms with E-state index in [-0.39, 0.29) is 5.56 Å². The Hall–Kier alpha value is -2.09. The summed E-state index contributed by atoms with van der Waals surface area (Å²) in [5.41, 5.74) is 1.60. The van der Waals surface area contributed by atoms with Crippen molar-refractivity contribution in [2.45, 2.75) is 0 Å². The van der Waals surface area contributed by atoms with Crippen LogP contribution in [0.5, 0.6) is 0 Å². The van der Waals surface area contributed by atoms with Gasteiger partial charge in [0.1, 0.15) is 17.1 Å². The average Bonchev–Trinajstić information content (AvgIpc) is 2.81. The van der Waals surface area contributed by atoms with Gasteiger partial charge in [0.2, 0.25) is 5.13 Å². The molecule has 17 heavy (non-hydrogen) atoms. The van der Waals surface area contributed by atoms with Gasteiger partial charge in [0.25, 0.3) is 5.91 Å². The monoisotopic (exact) mass is 253 g/mol. The van der Waals surface area contributed by atoms with Gasteiger partial charge in [0, 0.05) is 7.05 Å². The molecule has 0 aliphatic carbocycles.